The molecule has 0 aromatic heterocycles. The zero-order valence-electron chi connectivity index (χ0n) is 13.5. The van der Waals surface area contributed by atoms with Crippen LogP contribution in [0.25, 0.3) is 10.8 Å². The van der Waals surface area contributed by atoms with E-state index < -0.39 is 24.5 Å². The van der Waals surface area contributed by atoms with E-state index in [-0.39, 0.29) is 6.42 Å². The summed E-state index contributed by atoms with van der Waals surface area (Å²) in [4.78, 5) is 34.8. The average molecular weight is 328 g/mol. The van der Waals surface area contributed by atoms with Crippen molar-refractivity contribution in [2.45, 2.75) is 19.8 Å². The molecule has 6 nitrogen and oxygen atoms in total. The number of rotatable bonds is 6. The molecule has 24 heavy (non-hydrogen) atoms. The highest BCUT2D eigenvalue weighted by molar-refractivity contribution is 5.95. The Bertz CT molecular complexity index is 737. The summed E-state index contributed by atoms with van der Waals surface area (Å²) in [6.45, 7) is 1.89. The molecule has 6 heteroatoms. The predicted octanol–water partition coefficient (Wildman–Crippen LogP) is 2.16. The van der Waals surface area contributed by atoms with Gasteiger partial charge in [0, 0.05) is 6.54 Å². The summed E-state index contributed by atoms with van der Waals surface area (Å²) in [7, 11) is 0. The minimum absolute atomic E-state index is 0.0661. The molecule has 0 aliphatic carbocycles. The average Bonchev–Trinajstić information content (AvgIpc) is 2.58. The first-order valence-corrected chi connectivity index (χ1v) is 7.80. The molecule has 2 aromatic carbocycles. The molecule has 0 spiro atoms. The number of benzene rings is 2. The molecule has 2 rings (SSSR count). The highest BCUT2D eigenvalue weighted by Crippen LogP contribution is 2.19. The number of imide groups is 1. The zero-order chi connectivity index (χ0) is 17.4. The Labute approximate surface area is 140 Å². The predicted molar refractivity (Wildman–Crippen MR) is 90.4 cm³/mol. The number of ether oxygens (including phenoxy) is 1. The van der Waals surface area contributed by atoms with E-state index in [0.717, 1.165) is 22.8 Å². The lowest BCUT2D eigenvalue weighted by atomic mass is 10.0. The van der Waals surface area contributed by atoms with Crippen molar-refractivity contribution >= 4 is 28.7 Å². The summed E-state index contributed by atoms with van der Waals surface area (Å²) < 4.78 is 4.93. The van der Waals surface area contributed by atoms with Gasteiger partial charge in [-0.1, -0.05) is 49.4 Å². The molecule has 3 amide bonds. The molecule has 0 saturated heterocycles. The fourth-order valence-corrected chi connectivity index (χ4v) is 2.24. The van der Waals surface area contributed by atoms with Gasteiger partial charge >= 0.3 is 12.0 Å². The first kappa shape index (κ1) is 17.5. The normalized spacial score (nSPS) is 10.2. The number of nitrogens with one attached hydrogen (secondary N) is 2. The Kier molecular flexibility index (Phi) is 6.31. The summed E-state index contributed by atoms with van der Waals surface area (Å²) in [6.07, 6.45) is 0.832. The van der Waals surface area contributed by atoms with E-state index in [4.69, 9.17) is 4.74 Å². The molecule has 0 fully saturated rings. The van der Waals surface area contributed by atoms with Crippen molar-refractivity contribution in [3.05, 3.63) is 48.0 Å². The van der Waals surface area contributed by atoms with Gasteiger partial charge in [0.2, 0.25) is 0 Å². The molecule has 0 unspecified atom stereocenters. The summed E-state index contributed by atoms with van der Waals surface area (Å²) in [6, 6.07) is 12.8. The standard InChI is InChI=1S/C18H20N2O4/c1-2-10-19-18(23)20-16(21)12-24-17(22)11-14-8-5-7-13-6-3-4-9-15(13)14/h3-9H,2,10-12H2,1H3,(H2,19,20,21,23). The van der Waals surface area contributed by atoms with Crippen LogP contribution in [0.15, 0.2) is 42.5 Å². The zero-order valence-corrected chi connectivity index (χ0v) is 13.5. The minimum Gasteiger partial charge on any atom is -0.455 e. The molecule has 0 aliphatic heterocycles. The lowest BCUT2D eigenvalue weighted by Gasteiger charge is -2.08. The molecule has 2 N–H and O–H groups in total. The van der Waals surface area contributed by atoms with Gasteiger partial charge in [0.05, 0.1) is 6.42 Å². The van der Waals surface area contributed by atoms with Crippen molar-refractivity contribution in [3.8, 4) is 0 Å². The van der Waals surface area contributed by atoms with Crippen LogP contribution in [0.2, 0.25) is 0 Å². The minimum atomic E-state index is -0.658. The van der Waals surface area contributed by atoms with Crippen molar-refractivity contribution in [2.75, 3.05) is 13.2 Å². The van der Waals surface area contributed by atoms with Crippen molar-refractivity contribution in [3.63, 3.8) is 0 Å². The molecule has 0 heterocycles. The molecular formula is C18H20N2O4. The highest BCUT2D eigenvalue weighted by atomic mass is 16.5. The Morgan fingerprint density at radius 3 is 2.58 bits per heavy atom. The van der Waals surface area contributed by atoms with E-state index in [1.54, 1.807) is 0 Å². The third-order valence-corrected chi connectivity index (χ3v) is 3.37. The van der Waals surface area contributed by atoms with Gasteiger partial charge in [-0.2, -0.15) is 0 Å². The van der Waals surface area contributed by atoms with Gasteiger partial charge in [0.1, 0.15) is 0 Å². The van der Waals surface area contributed by atoms with E-state index in [0.29, 0.717) is 6.54 Å². The van der Waals surface area contributed by atoms with Crippen LogP contribution in [0.5, 0.6) is 0 Å². The van der Waals surface area contributed by atoms with Crippen molar-refractivity contribution < 1.29 is 19.1 Å². The second kappa shape index (κ2) is 8.67. The van der Waals surface area contributed by atoms with E-state index in [9.17, 15) is 14.4 Å². The van der Waals surface area contributed by atoms with E-state index in [2.05, 4.69) is 10.6 Å². The number of carbonyl (C=O) groups excluding carboxylic acids is 3. The Morgan fingerprint density at radius 1 is 1.04 bits per heavy atom. The van der Waals surface area contributed by atoms with Gasteiger partial charge in [-0.15, -0.1) is 0 Å². The molecule has 0 bridgehead atoms. The van der Waals surface area contributed by atoms with Gasteiger partial charge < -0.3 is 10.1 Å². The van der Waals surface area contributed by atoms with Crippen LogP contribution < -0.4 is 10.6 Å². The van der Waals surface area contributed by atoms with Gasteiger partial charge in [-0.05, 0) is 22.8 Å². The van der Waals surface area contributed by atoms with Gasteiger partial charge in [0.15, 0.2) is 6.61 Å². The lowest BCUT2D eigenvalue weighted by Crippen LogP contribution is -2.41. The lowest BCUT2D eigenvalue weighted by molar-refractivity contribution is -0.147. The van der Waals surface area contributed by atoms with Gasteiger partial charge in [-0.3, -0.25) is 14.9 Å². The molecule has 0 atom stereocenters. The molecule has 0 radical (unpaired) electrons. The van der Waals surface area contributed by atoms with Crippen molar-refractivity contribution in [1.29, 1.82) is 0 Å². The van der Waals surface area contributed by atoms with Gasteiger partial charge in [-0.25, -0.2) is 4.79 Å². The monoisotopic (exact) mass is 328 g/mol. The van der Waals surface area contributed by atoms with Crippen molar-refractivity contribution in [1.82, 2.24) is 10.6 Å². The number of carbonyl (C=O) groups is 3. The topological polar surface area (TPSA) is 84.5 Å². The summed E-state index contributed by atoms with van der Waals surface area (Å²) >= 11 is 0. The van der Waals surface area contributed by atoms with E-state index in [1.807, 2.05) is 49.4 Å². The maximum absolute atomic E-state index is 11.9. The summed E-state index contributed by atoms with van der Waals surface area (Å²) in [5.41, 5.74) is 0.833. The molecule has 126 valence electrons. The molecule has 0 aliphatic rings. The Hall–Kier alpha value is -2.89. The van der Waals surface area contributed by atoms with Crippen LogP contribution in [0.1, 0.15) is 18.9 Å². The number of hydrogen-bond acceptors (Lipinski definition) is 4. The van der Waals surface area contributed by atoms with E-state index in [1.165, 1.54) is 0 Å². The SMILES string of the molecule is CCCNC(=O)NC(=O)COC(=O)Cc1cccc2ccccc12. The van der Waals surface area contributed by atoms with Crippen molar-refractivity contribution in [2.24, 2.45) is 0 Å². The van der Waals surface area contributed by atoms with Crippen LogP contribution in [-0.2, 0) is 20.7 Å². The second-order valence-electron chi connectivity index (χ2n) is 5.28. The quantitative estimate of drug-likeness (QED) is 0.796. The Morgan fingerprint density at radius 2 is 1.79 bits per heavy atom. The highest BCUT2D eigenvalue weighted by Gasteiger charge is 2.12. The van der Waals surface area contributed by atoms with Crippen LogP contribution in [0, 0.1) is 0 Å². The number of hydrogen-bond donors (Lipinski definition) is 2. The largest absolute Gasteiger partial charge is 0.455 e. The second-order valence-corrected chi connectivity index (χ2v) is 5.28. The maximum Gasteiger partial charge on any atom is 0.321 e. The fraction of sp³-hybridized carbons (Fsp3) is 0.278. The van der Waals surface area contributed by atoms with E-state index >= 15 is 0 Å². The number of fused-ring (bicyclic) bond motifs is 1. The fourth-order valence-electron chi connectivity index (χ4n) is 2.24. The van der Waals surface area contributed by atoms with Crippen LogP contribution in [0.3, 0.4) is 0 Å². The number of amides is 3. The third-order valence-electron chi connectivity index (χ3n) is 3.37. The first-order valence-electron chi connectivity index (χ1n) is 7.80. The van der Waals surface area contributed by atoms with Crippen LogP contribution >= 0.6 is 0 Å². The number of urea groups is 1. The summed E-state index contributed by atoms with van der Waals surface area (Å²) in [5.74, 6) is -1.18. The third kappa shape index (κ3) is 5.08. The first-order chi connectivity index (χ1) is 11.6. The maximum atomic E-state index is 11.9. The van der Waals surface area contributed by atoms with Crippen LogP contribution in [-0.4, -0.2) is 31.1 Å². The molecule has 0 saturated carbocycles. The molecular weight excluding hydrogens is 308 g/mol. The Balaban J connectivity index is 1.85. The van der Waals surface area contributed by atoms with Crippen LogP contribution in [0.4, 0.5) is 4.79 Å². The summed E-state index contributed by atoms with van der Waals surface area (Å²) in [5, 5.41) is 6.60. The smallest absolute Gasteiger partial charge is 0.321 e. The molecule has 2 aromatic rings. The van der Waals surface area contributed by atoms with Gasteiger partial charge in [0.25, 0.3) is 5.91 Å². The number of esters is 1.